The van der Waals surface area contributed by atoms with E-state index in [4.69, 9.17) is 5.73 Å². The number of imidazole rings is 1. The third kappa shape index (κ3) is 1.91. The number of hydrogen-bond acceptors (Lipinski definition) is 4. The molecule has 0 spiro atoms. The Hall–Kier alpha value is -1.40. The molecule has 0 saturated carbocycles. The van der Waals surface area contributed by atoms with E-state index in [0.717, 1.165) is 16.9 Å². The average molecular weight is 265 g/mol. The van der Waals surface area contributed by atoms with Gasteiger partial charge in [-0.25, -0.2) is 13.4 Å². The highest BCUT2D eigenvalue weighted by Crippen LogP contribution is 2.28. The standard InChI is InChI=1S/C12H15N3O2S/c13-5-9-1-2-11-6-14-12(15(11)7-9)10-3-4-18(16,17)8-10/h1-2,6-7,10H,3-5,8,13H2. The molecule has 1 aliphatic rings. The summed E-state index contributed by atoms with van der Waals surface area (Å²) in [4.78, 5) is 4.38. The van der Waals surface area contributed by atoms with Crippen molar-refractivity contribution in [1.29, 1.82) is 0 Å². The Morgan fingerprint density at radius 2 is 2.28 bits per heavy atom. The average Bonchev–Trinajstić information content (AvgIpc) is 2.91. The number of nitrogens with two attached hydrogens (primary N) is 1. The molecule has 0 bridgehead atoms. The van der Waals surface area contributed by atoms with Gasteiger partial charge in [-0.05, 0) is 18.1 Å². The number of hydrogen-bond donors (Lipinski definition) is 1. The van der Waals surface area contributed by atoms with Gasteiger partial charge in [0.05, 0.1) is 23.2 Å². The molecule has 0 aliphatic carbocycles. The van der Waals surface area contributed by atoms with Crippen LogP contribution in [0.25, 0.3) is 5.52 Å². The summed E-state index contributed by atoms with van der Waals surface area (Å²) < 4.78 is 25.0. The lowest BCUT2D eigenvalue weighted by molar-refractivity contribution is 0.601. The molecule has 1 aliphatic heterocycles. The number of sulfone groups is 1. The number of pyridine rings is 1. The topological polar surface area (TPSA) is 77.5 Å². The Bertz CT molecular complexity index is 690. The monoisotopic (exact) mass is 265 g/mol. The molecule has 2 aromatic heterocycles. The predicted octanol–water partition coefficient (Wildman–Crippen LogP) is 0.695. The Morgan fingerprint density at radius 1 is 1.44 bits per heavy atom. The third-order valence-corrected chi connectivity index (χ3v) is 5.22. The van der Waals surface area contributed by atoms with Crippen LogP contribution in [0.3, 0.4) is 0 Å². The van der Waals surface area contributed by atoms with Crippen LogP contribution in [0.15, 0.2) is 24.5 Å². The summed E-state index contributed by atoms with van der Waals surface area (Å²) in [5.74, 6) is 1.31. The fourth-order valence-electron chi connectivity index (χ4n) is 2.48. The summed E-state index contributed by atoms with van der Waals surface area (Å²) in [6, 6.07) is 3.92. The van der Waals surface area contributed by atoms with Crippen molar-refractivity contribution in [2.24, 2.45) is 5.73 Å². The first-order chi connectivity index (χ1) is 8.59. The lowest BCUT2D eigenvalue weighted by Crippen LogP contribution is -2.08. The Balaban J connectivity index is 2.07. The molecule has 3 rings (SSSR count). The SMILES string of the molecule is NCc1ccc2cnc(C3CCS(=O)(=O)C3)n2c1. The van der Waals surface area contributed by atoms with Crippen molar-refractivity contribution in [3.05, 3.63) is 35.9 Å². The van der Waals surface area contributed by atoms with E-state index in [1.54, 1.807) is 6.20 Å². The van der Waals surface area contributed by atoms with Gasteiger partial charge >= 0.3 is 0 Å². The van der Waals surface area contributed by atoms with Crippen LogP contribution >= 0.6 is 0 Å². The molecule has 0 aromatic carbocycles. The largest absolute Gasteiger partial charge is 0.326 e. The number of fused-ring (bicyclic) bond motifs is 1. The molecule has 2 N–H and O–H groups in total. The minimum absolute atomic E-state index is 0.00512. The van der Waals surface area contributed by atoms with Crippen LogP contribution in [0, 0.1) is 0 Å². The highest BCUT2D eigenvalue weighted by atomic mass is 32.2. The van der Waals surface area contributed by atoms with E-state index in [9.17, 15) is 8.42 Å². The first-order valence-electron chi connectivity index (χ1n) is 5.95. The number of aromatic nitrogens is 2. The van der Waals surface area contributed by atoms with Gasteiger partial charge in [-0.2, -0.15) is 0 Å². The van der Waals surface area contributed by atoms with E-state index in [1.807, 2.05) is 22.7 Å². The zero-order chi connectivity index (χ0) is 12.8. The smallest absolute Gasteiger partial charge is 0.151 e. The molecule has 1 saturated heterocycles. The van der Waals surface area contributed by atoms with Crippen molar-refractivity contribution >= 4 is 15.4 Å². The van der Waals surface area contributed by atoms with Crippen molar-refractivity contribution in [3.8, 4) is 0 Å². The third-order valence-electron chi connectivity index (χ3n) is 3.45. The van der Waals surface area contributed by atoms with Crippen LogP contribution < -0.4 is 5.73 Å². The summed E-state index contributed by atoms with van der Waals surface area (Å²) >= 11 is 0. The summed E-state index contributed by atoms with van der Waals surface area (Å²) in [6.45, 7) is 0.469. The molecule has 6 heteroatoms. The van der Waals surface area contributed by atoms with Crippen LogP contribution in [-0.4, -0.2) is 29.3 Å². The van der Waals surface area contributed by atoms with Gasteiger partial charge in [-0.3, -0.25) is 0 Å². The van der Waals surface area contributed by atoms with Gasteiger partial charge in [0, 0.05) is 18.7 Å². The van der Waals surface area contributed by atoms with E-state index in [2.05, 4.69) is 4.98 Å². The van der Waals surface area contributed by atoms with E-state index in [1.165, 1.54) is 0 Å². The lowest BCUT2D eigenvalue weighted by atomic mass is 10.1. The maximum absolute atomic E-state index is 11.5. The van der Waals surface area contributed by atoms with E-state index in [0.29, 0.717) is 13.0 Å². The van der Waals surface area contributed by atoms with Gasteiger partial charge in [0.1, 0.15) is 5.82 Å². The summed E-state index contributed by atoms with van der Waals surface area (Å²) in [6.07, 6.45) is 4.39. The predicted molar refractivity (Wildman–Crippen MR) is 69.1 cm³/mol. The molecule has 96 valence electrons. The molecule has 0 radical (unpaired) electrons. The summed E-state index contributed by atoms with van der Waals surface area (Å²) in [7, 11) is -2.88. The maximum Gasteiger partial charge on any atom is 0.151 e. The second-order valence-corrected chi connectivity index (χ2v) is 6.98. The van der Waals surface area contributed by atoms with Crippen LogP contribution in [0.2, 0.25) is 0 Å². The number of rotatable bonds is 2. The van der Waals surface area contributed by atoms with Crippen LogP contribution in [0.1, 0.15) is 23.7 Å². The van der Waals surface area contributed by atoms with Crippen molar-refractivity contribution in [2.45, 2.75) is 18.9 Å². The summed E-state index contributed by atoms with van der Waals surface area (Å²) in [5, 5.41) is 0. The Labute approximate surface area is 106 Å². The maximum atomic E-state index is 11.5. The van der Waals surface area contributed by atoms with Gasteiger partial charge in [0.2, 0.25) is 0 Å². The molecule has 2 aromatic rings. The fraction of sp³-hybridized carbons (Fsp3) is 0.417. The Morgan fingerprint density at radius 3 is 2.94 bits per heavy atom. The molecule has 3 heterocycles. The van der Waals surface area contributed by atoms with E-state index >= 15 is 0 Å². The van der Waals surface area contributed by atoms with Crippen molar-refractivity contribution in [3.63, 3.8) is 0 Å². The number of nitrogens with zero attached hydrogens (tertiary/aromatic N) is 2. The van der Waals surface area contributed by atoms with Crippen LogP contribution in [-0.2, 0) is 16.4 Å². The molecule has 1 unspecified atom stereocenters. The first kappa shape index (κ1) is 11.7. The molecule has 1 atom stereocenters. The van der Waals surface area contributed by atoms with E-state index < -0.39 is 9.84 Å². The quantitative estimate of drug-likeness (QED) is 0.867. The lowest BCUT2D eigenvalue weighted by Gasteiger charge is -2.08. The zero-order valence-electron chi connectivity index (χ0n) is 9.91. The Kier molecular flexibility index (Phi) is 2.64. The highest BCUT2D eigenvalue weighted by Gasteiger charge is 2.31. The normalized spacial score (nSPS) is 22.6. The second-order valence-electron chi connectivity index (χ2n) is 4.75. The fourth-order valence-corrected chi connectivity index (χ4v) is 4.21. The van der Waals surface area contributed by atoms with Gasteiger partial charge in [0.15, 0.2) is 9.84 Å². The minimum atomic E-state index is -2.88. The molecule has 1 fully saturated rings. The van der Waals surface area contributed by atoms with Crippen LogP contribution in [0.4, 0.5) is 0 Å². The zero-order valence-corrected chi connectivity index (χ0v) is 10.7. The molecule has 18 heavy (non-hydrogen) atoms. The highest BCUT2D eigenvalue weighted by molar-refractivity contribution is 7.91. The molecular weight excluding hydrogens is 250 g/mol. The van der Waals surface area contributed by atoms with Gasteiger partial charge in [0.25, 0.3) is 0 Å². The van der Waals surface area contributed by atoms with Crippen molar-refractivity contribution in [1.82, 2.24) is 9.38 Å². The first-order valence-corrected chi connectivity index (χ1v) is 7.77. The van der Waals surface area contributed by atoms with Crippen molar-refractivity contribution < 1.29 is 8.42 Å². The van der Waals surface area contributed by atoms with Crippen molar-refractivity contribution in [2.75, 3.05) is 11.5 Å². The molecule has 0 amide bonds. The summed E-state index contributed by atoms with van der Waals surface area (Å²) in [5.41, 5.74) is 7.62. The van der Waals surface area contributed by atoms with E-state index in [-0.39, 0.29) is 17.4 Å². The van der Waals surface area contributed by atoms with Crippen LogP contribution in [0.5, 0.6) is 0 Å². The second kappa shape index (κ2) is 4.07. The van der Waals surface area contributed by atoms with Gasteiger partial charge in [-0.15, -0.1) is 0 Å². The molecular formula is C12H15N3O2S. The molecule has 5 nitrogen and oxygen atoms in total. The minimum Gasteiger partial charge on any atom is -0.326 e. The van der Waals surface area contributed by atoms with Gasteiger partial charge < -0.3 is 10.1 Å². The van der Waals surface area contributed by atoms with Gasteiger partial charge in [-0.1, -0.05) is 6.07 Å².